The number of thiophene rings is 1. The molecule has 3 heterocycles. The van der Waals surface area contributed by atoms with Crippen LogP contribution < -0.4 is 15.8 Å². The van der Waals surface area contributed by atoms with Gasteiger partial charge in [0.05, 0.1) is 5.69 Å². The van der Waals surface area contributed by atoms with Crippen molar-refractivity contribution in [2.24, 2.45) is 5.73 Å². The lowest BCUT2D eigenvalue weighted by Crippen LogP contribution is -2.16. The van der Waals surface area contributed by atoms with Crippen molar-refractivity contribution in [2.75, 3.05) is 5.32 Å². The number of hydrogen-bond donors (Lipinski definition) is 2. The molecule has 3 N–H and O–H groups in total. The molecule has 5 aromatic rings. The summed E-state index contributed by atoms with van der Waals surface area (Å²) in [6, 6.07) is 11.9. The first kappa shape index (κ1) is 27.7. The molecule has 0 saturated carbocycles. The Balaban J connectivity index is 1.48. The Morgan fingerprint density at radius 3 is 2.32 bits per heavy atom. The second-order valence-corrected chi connectivity index (χ2v) is 9.42. The molecule has 2 aromatic carbocycles. The summed E-state index contributed by atoms with van der Waals surface area (Å²) in [5.41, 5.74) is 5.62. The smallest absolute Gasteiger partial charge is 0.291 e. The SMILES string of the molecule is NC(=O)c1sc2nc(C(F)F)cc(-c3ccccc3)c2c1NC(=O)c1ccc(COc2c(F)c(F)cc(F)c2F)o1. The van der Waals surface area contributed by atoms with Gasteiger partial charge in [0, 0.05) is 11.5 Å². The van der Waals surface area contributed by atoms with Crippen molar-refractivity contribution in [3.63, 3.8) is 0 Å². The zero-order valence-corrected chi connectivity index (χ0v) is 21.1. The zero-order chi connectivity index (χ0) is 29.4. The molecule has 0 spiro atoms. The van der Waals surface area contributed by atoms with Crippen molar-refractivity contribution in [3.8, 4) is 16.9 Å². The second-order valence-electron chi connectivity index (χ2n) is 8.42. The molecule has 2 amide bonds. The van der Waals surface area contributed by atoms with Gasteiger partial charge in [-0.25, -0.2) is 22.5 Å². The van der Waals surface area contributed by atoms with Crippen molar-refractivity contribution in [2.45, 2.75) is 13.0 Å². The summed E-state index contributed by atoms with van der Waals surface area (Å²) >= 11 is 0.709. The van der Waals surface area contributed by atoms with Crippen molar-refractivity contribution in [1.29, 1.82) is 0 Å². The highest BCUT2D eigenvalue weighted by Crippen LogP contribution is 2.42. The molecule has 3 aromatic heterocycles. The van der Waals surface area contributed by atoms with Crippen molar-refractivity contribution in [1.82, 2.24) is 4.98 Å². The Hall–Kier alpha value is -4.85. The van der Waals surface area contributed by atoms with Gasteiger partial charge >= 0.3 is 0 Å². The Kier molecular flexibility index (Phi) is 7.41. The number of fused-ring (bicyclic) bond motifs is 1. The largest absolute Gasteiger partial charge is 0.479 e. The predicted octanol–water partition coefficient (Wildman–Crippen LogP) is 6.98. The monoisotopic (exact) mass is 591 g/mol. The summed E-state index contributed by atoms with van der Waals surface area (Å²) in [4.78, 5) is 29.1. The van der Waals surface area contributed by atoms with Gasteiger partial charge in [-0.15, -0.1) is 11.3 Å². The standard InChI is InChI=1S/C27H15F6N3O4S/c28-14-9-15(29)20(31)22(19(14)30)39-10-12-6-7-17(40-12)26(38)36-21-18-13(11-4-2-1-3-5-11)8-16(24(32)33)35-27(18)41-23(21)25(34)37/h1-9,24H,10H2,(H2,34,37)(H,36,38). The van der Waals surface area contributed by atoms with Gasteiger partial charge in [0.15, 0.2) is 23.1 Å². The fourth-order valence-corrected chi connectivity index (χ4v) is 4.96. The van der Waals surface area contributed by atoms with Crippen LogP contribution in [-0.4, -0.2) is 16.8 Å². The first-order valence-corrected chi connectivity index (χ1v) is 12.3. The number of carbonyl (C=O) groups excluding carboxylic acids is 2. The van der Waals surface area contributed by atoms with E-state index in [1.54, 1.807) is 30.3 Å². The highest BCUT2D eigenvalue weighted by atomic mass is 32.1. The lowest BCUT2D eigenvalue weighted by Gasteiger charge is -2.10. The summed E-state index contributed by atoms with van der Waals surface area (Å²) in [6.07, 6.45) is -2.92. The lowest BCUT2D eigenvalue weighted by atomic mass is 10.0. The van der Waals surface area contributed by atoms with E-state index in [-0.39, 0.29) is 43.9 Å². The molecule has 0 aliphatic rings. The van der Waals surface area contributed by atoms with Crippen molar-refractivity contribution in [3.05, 3.63) is 100.0 Å². The number of benzene rings is 2. The van der Waals surface area contributed by atoms with Crippen LogP contribution in [-0.2, 0) is 6.61 Å². The minimum absolute atomic E-state index is 0.0191. The first-order valence-electron chi connectivity index (χ1n) is 11.5. The number of carbonyl (C=O) groups is 2. The maximum absolute atomic E-state index is 13.9. The van der Waals surface area contributed by atoms with Crippen LogP contribution in [0.5, 0.6) is 5.75 Å². The first-order chi connectivity index (χ1) is 19.5. The molecule has 0 aliphatic heterocycles. The Morgan fingerprint density at radius 2 is 1.68 bits per heavy atom. The molecule has 0 fully saturated rings. The van der Waals surface area contributed by atoms with Gasteiger partial charge in [0.1, 0.15) is 27.8 Å². The van der Waals surface area contributed by atoms with Gasteiger partial charge in [0.2, 0.25) is 11.6 Å². The highest BCUT2D eigenvalue weighted by Gasteiger charge is 2.26. The van der Waals surface area contributed by atoms with Gasteiger partial charge in [-0.2, -0.15) is 8.78 Å². The van der Waals surface area contributed by atoms with E-state index in [4.69, 9.17) is 14.9 Å². The fraction of sp³-hybridized carbons (Fsp3) is 0.0741. The van der Waals surface area contributed by atoms with Crippen LogP contribution in [0.1, 0.15) is 38.1 Å². The molecule has 210 valence electrons. The third-order valence-corrected chi connectivity index (χ3v) is 6.87. The average Bonchev–Trinajstić information content (AvgIpc) is 3.57. The lowest BCUT2D eigenvalue weighted by molar-refractivity contribution is 0.0992. The molecular weight excluding hydrogens is 576 g/mol. The number of amides is 2. The van der Waals surface area contributed by atoms with E-state index < -0.39 is 59.6 Å². The molecule has 5 rings (SSSR count). The van der Waals surface area contributed by atoms with E-state index in [0.717, 1.165) is 12.1 Å². The van der Waals surface area contributed by atoms with Crippen LogP contribution in [0.25, 0.3) is 21.3 Å². The summed E-state index contributed by atoms with van der Waals surface area (Å²) in [5, 5.41) is 2.68. The van der Waals surface area contributed by atoms with Crippen LogP contribution >= 0.6 is 11.3 Å². The van der Waals surface area contributed by atoms with Crippen LogP contribution in [0, 0.1) is 23.3 Å². The van der Waals surface area contributed by atoms with E-state index >= 15 is 0 Å². The quantitative estimate of drug-likeness (QED) is 0.150. The molecule has 0 unspecified atom stereocenters. The van der Waals surface area contributed by atoms with E-state index in [2.05, 4.69) is 10.3 Å². The maximum Gasteiger partial charge on any atom is 0.291 e. The van der Waals surface area contributed by atoms with Crippen molar-refractivity contribution >= 4 is 39.1 Å². The number of ether oxygens (including phenoxy) is 1. The normalized spacial score (nSPS) is 11.3. The van der Waals surface area contributed by atoms with Gasteiger partial charge < -0.3 is 20.2 Å². The number of nitrogens with zero attached hydrogens (tertiary/aromatic N) is 1. The number of alkyl halides is 2. The molecular formula is C27H15F6N3O4S. The van der Waals surface area contributed by atoms with Gasteiger partial charge in [-0.3, -0.25) is 9.59 Å². The minimum Gasteiger partial charge on any atom is -0.479 e. The molecule has 0 saturated heterocycles. The van der Waals surface area contributed by atoms with E-state index in [1.807, 2.05) is 0 Å². The minimum atomic E-state index is -2.92. The van der Waals surface area contributed by atoms with Crippen LogP contribution in [0.2, 0.25) is 0 Å². The fourth-order valence-electron chi connectivity index (χ4n) is 3.94. The molecule has 0 bridgehead atoms. The summed E-state index contributed by atoms with van der Waals surface area (Å²) < 4.78 is 92.0. The molecule has 0 atom stereocenters. The number of nitrogens with two attached hydrogens (primary N) is 1. The molecule has 41 heavy (non-hydrogen) atoms. The number of nitrogens with one attached hydrogen (secondary N) is 1. The third-order valence-electron chi connectivity index (χ3n) is 5.77. The molecule has 14 heteroatoms. The average molecular weight is 591 g/mol. The molecule has 0 aliphatic carbocycles. The number of anilines is 1. The zero-order valence-electron chi connectivity index (χ0n) is 20.3. The van der Waals surface area contributed by atoms with E-state index in [1.165, 1.54) is 6.07 Å². The number of halogens is 6. The van der Waals surface area contributed by atoms with Gasteiger partial charge in [0.25, 0.3) is 18.2 Å². The number of pyridine rings is 1. The summed E-state index contributed by atoms with van der Waals surface area (Å²) in [5.74, 6) is -10.5. The third kappa shape index (κ3) is 5.33. The number of furan rings is 1. The molecule has 7 nitrogen and oxygen atoms in total. The van der Waals surface area contributed by atoms with Crippen LogP contribution in [0.3, 0.4) is 0 Å². The van der Waals surface area contributed by atoms with Crippen molar-refractivity contribution < 1.29 is 45.1 Å². The van der Waals surface area contributed by atoms with Crippen LogP contribution in [0.15, 0.2) is 59.0 Å². The Labute approximate surface area is 230 Å². The van der Waals surface area contributed by atoms with E-state index in [9.17, 15) is 35.9 Å². The number of hydrogen-bond acceptors (Lipinski definition) is 6. The summed E-state index contributed by atoms with van der Waals surface area (Å²) in [6.45, 7) is -0.712. The maximum atomic E-state index is 13.9. The van der Waals surface area contributed by atoms with E-state index in [0.29, 0.717) is 16.9 Å². The predicted molar refractivity (Wildman–Crippen MR) is 136 cm³/mol. The number of aromatic nitrogens is 1. The van der Waals surface area contributed by atoms with Gasteiger partial charge in [-0.05, 0) is 29.3 Å². The van der Waals surface area contributed by atoms with Crippen LogP contribution in [0.4, 0.5) is 32.0 Å². The summed E-state index contributed by atoms with van der Waals surface area (Å²) in [7, 11) is 0. The van der Waals surface area contributed by atoms with Gasteiger partial charge in [-0.1, -0.05) is 30.3 Å². The Bertz CT molecular complexity index is 1780. The highest BCUT2D eigenvalue weighted by molar-refractivity contribution is 7.21. The second kappa shape index (κ2) is 11.0. The Morgan fingerprint density at radius 1 is 1.00 bits per heavy atom. The number of primary amides is 1. The number of rotatable bonds is 8. The topological polar surface area (TPSA) is 107 Å². The molecule has 0 radical (unpaired) electrons.